The topological polar surface area (TPSA) is 58.2 Å². The largest absolute Gasteiger partial charge is 0.385 e. The predicted molar refractivity (Wildman–Crippen MR) is 85.5 cm³/mol. The first-order valence-corrected chi connectivity index (χ1v) is 8.52. The molecule has 0 fully saturated rings. The fraction of sp³-hybridized carbons (Fsp3) is 0.143. The maximum absolute atomic E-state index is 13.7. The lowest BCUT2D eigenvalue weighted by atomic mass is 10.3. The van der Waals surface area contributed by atoms with Crippen LogP contribution in [0.2, 0.25) is 0 Å². The zero-order valence-corrected chi connectivity index (χ0v) is 13.6. The van der Waals surface area contributed by atoms with E-state index >= 15 is 0 Å². The van der Waals surface area contributed by atoms with E-state index in [1.165, 1.54) is 24.3 Å². The molecule has 0 aliphatic heterocycles. The molecule has 0 amide bonds. The number of anilines is 2. The molecule has 2 aromatic rings. The lowest BCUT2D eigenvalue weighted by Gasteiger charge is -2.11. The van der Waals surface area contributed by atoms with E-state index in [-0.39, 0.29) is 10.6 Å². The zero-order chi connectivity index (χ0) is 15.5. The minimum atomic E-state index is -3.84. The van der Waals surface area contributed by atoms with E-state index in [1.807, 2.05) is 6.92 Å². The molecule has 2 aromatic carbocycles. The quantitative estimate of drug-likeness (QED) is 0.838. The minimum absolute atomic E-state index is 0.0688. The van der Waals surface area contributed by atoms with Gasteiger partial charge in [0.2, 0.25) is 0 Å². The van der Waals surface area contributed by atoms with Crippen molar-refractivity contribution in [2.24, 2.45) is 0 Å². The van der Waals surface area contributed by atoms with Gasteiger partial charge in [0.05, 0.1) is 10.6 Å². The molecular formula is C14H14BrFN2O2S. The third-order valence-electron chi connectivity index (χ3n) is 2.74. The summed E-state index contributed by atoms with van der Waals surface area (Å²) in [6.07, 6.45) is 0. The normalized spacial score (nSPS) is 11.2. The first kappa shape index (κ1) is 15.8. The van der Waals surface area contributed by atoms with Gasteiger partial charge in [0.25, 0.3) is 10.0 Å². The molecule has 0 aromatic heterocycles. The molecule has 0 unspecified atom stereocenters. The lowest BCUT2D eigenvalue weighted by molar-refractivity contribution is 0.598. The van der Waals surface area contributed by atoms with Gasteiger partial charge in [-0.15, -0.1) is 0 Å². The minimum Gasteiger partial charge on any atom is -0.385 e. The van der Waals surface area contributed by atoms with Crippen LogP contribution in [0.3, 0.4) is 0 Å². The molecule has 0 saturated heterocycles. The summed E-state index contributed by atoms with van der Waals surface area (Å²) in [5.41, 5.74) is 0.719. The highest BCUT2D eigenvalue weighted by Crippen LogP contribution is 2.28. The summed E-state index contributed by atoms with van der Waals surface area (Å²) in [6, 6.07) is 10.5. The van der Waals surface area contributed by atoms with Crippen LogP contribution in [0.5, 0.6) is 0 Å². The predicted octanol–water partition coefficient (Wildman–Crippen LogP) is 3.82. The highest BCUT2D eigenvalue weighted by molar-refractivity contribution is 9.10. The Bertz CT molecular complexity index is 713. The van der Waals surface area contributed by atoms with E-state index in [2.05, 4.69) is 26.0 Å². The molecule has 4 nitrogen and oxygen atoms in total. The molecule has 0 radical (unpaired) electrons. The van der Waals surface area contributed by atoms with Crippen LogP contribution >= 0.6 is 15.9 Å². The van der Waals surface area contributed by atoms with Crippen LogP contribution in [0.1, 0.15) is 6.92 Å². The molecule has 112 valence electrons. The van der Waals surface area contributed by atoms with Crippen molar-refractivity contribution in [1.29, 1.82) is 0 Å². The summed E-state index contributed by atoms with van der Waals surface area (Å²) in [4.78, 5) is 0.0688. The Kier molecular flexibility index (Phi) is 4.84. The number of hydrogen-bond donors (Lipinski definition) is 2. The second-order valence-corrected chi connectivity index (χ2v) is 6.79. The molecule has 0 aliphatic rings. The van der Waals surface area contributed by atoms with Crippen molar-refractivity contribution < 1.29 is 12.8 Å². The molecule has 0 bridgehead atoms. The average molecular weight is 373 g/mol. The van der Waals surface area contributed by atoms with Crippen LogP contribution < -0.4 is 10.0 Å². The summed E-state index contributed by atoms with van der Waals surface area (Å²) in [7, 11) is -3.84. The van der Waals surface area contributed by atoms with Gasteiger partial charge in [-0.25, -0.2) is 12.8 Å². The first-order chi connectivity index (χ1) is 9.94. The maximum Gasteiger partial charge on any atom is 0.262 e. The maximum atomic E-state index is 13.7. The molecule has 2 N–H and O–H groups in total. The van der Waals surface area contributed by atoms with E-state index in [0.29, 0.717) is 4.47 Å². The fourth-order valence-corrected chi connectivity index (χ4v) is 3.41. The van der Waals surface area contributed by atoms with Crippen LogP contribution in [-0.2, 0) is 10.0 Å². The number of benzene rings is 2. The third kappa shape index (κ3) is 3.74. The standard InChI is InChI=1S/C14H14BrFN2O2S/c1-2-17-10-6-8-11(9-7-10)21(19,20)18-14-12(15)4-3-5-13(14)16/h3-9,17-18H,2H2,1H3. The Morgan fingerprint density at radius 2 is 1.81 bits per heavy atom. The van der Waals surface area contributed by atoms with Crippen LogP contribution in [0, 0.1) is 5.82 Å². The summed E-state index contributed by atoms with van der Waals surface area (Å²) < 4.78 is 40.8. The van der Waals surface area contributed by atoms with Gasteiger partial charge < -0.3 is 5.32 Å². The Hall–Kier alpha value is -1.60. The van der Waals surface area contributed by atoms with Crippen molar-refractivity contribution in [3.05, 3.63) is 52.8 Å². The smallest absolute Gasteiger partial charge is 0.262 e. The van der Waals surface area contributed by atoms with Crippen molar-refractivity contribution in [2.75, 3.05) is 16.6 Å². The number of rotatable bonds is 5. The Labute approximate surface area is 131 Å². The van der Waals surface area contributed by atoms with Crippen molar-refractivity contribution >= 4 is 37.3 Å². The molecule has 0 spiro atoms. The van der Waals surface area contributed by atoms with Gasteiger partial charge in [0, 0.05) is 16.7 Å². The van der Waals surface area contributed by atoms with Gasteiger partial charge in [-0.2, -0.15) is 0 Å². The summed E-state index contributed by atoms with van der Waals surface area (Å²) in [6.45, 7) is 2.69. The van der Waals surface area contributed by atoms with E-state index in [9.17, 15) is 12.8 Å². The molecule has 21 heavy (non-hydrogen) atoms. The number of halogens is 2. The molecule has 0 aliphatic carbocycles. The van der Waals surface area contributed by atoms with Crippen molar-refractivity contribution in [2.45, 2.75) is 11.8 Å². The molecule has 7 heteroatoms. The van der Waals surface area contributed by atoms with Gasteiger partial charge in [-0.3, -0.25) is 4.72 Å². The van der Waals surface area contributed by atoms with Crippen molar-refractivity contribution in [1.82, 2.24) is 0 Å². The number of para-hydroxylation sites is 1. The second-order valence-electron chi connectivity index (χ2n) is 4.26. The lowest BCUT2D eigenvalue weighted by Crippen LogP contribution is -2.14. The summed E-state index contributed by atoms with van der Waals surface area (Å²) >= 11 is 3.13. The van der Waals surface area contributed by atoms with Gasteiger partial charge in [0.15, 0.2) is 0 Å². The first-order valence-electron chi connectivity index (χ1n) is 6.25. The van der Waals surface area contributed by atoms with Gasteiger partial charge >= 0.3 is 0 Å². The molecule has 0 saturated carbocycles. The van der Waals surface area contributed by atoms with E-state index in [0.717, 1.165) is 12.2 Å². The Morgan fingerprint density at radius 1 is 1.14 bits per heavy atom. The van der Waals surface area contributed by atoms with Crippen LogP contribution in [-0.4, -0.2) is 15.0 Å². The Balaban J connectivity index is 2.30. The summed E-state index contributed by atoms with van der Waals surface area (Å²) in [5, 5.41) is 3.07. The highest BCUT2D eigenvalue weighted by atomic mass is 79.9. The van der Waals surface area contributed by atoms with Crippen molar-refractivity contribution in [3.63, 3.8) is 0 Å². The average Bonchev–Trinajstić information content (AvgIpc) is 2.44. The number of nitrogens with one attached hydrogen (secondary N) is 2. The number of sulfonamides is 1. The number of hydrogen-bond acceptors (Lipinski definition) is 3. The highest BCUT2D eigenvalue weighted by Gasteiger charge is 2.18. The van der Waals surface area contributed by atoms with Gasteiger partial charge in [0.1, 0.15) is 5.82 Å². The van der Waals surface area contributed by atoms with Crippen LogP contribution in [0.15, 0.2) is 51.8 Å². The summed E-state index contributed by atoms with van der Waals surface area (Å²) in [5.74, 6) is -0.641. The van der Waals surface area contributed by atoms with Crippen molar-refractivity contribution in [3.8, 4) is 0 Å². The Morgan fingerprint density at radius 3 is 2.38 bits per heavy atom. The zero-order valence-electron chi connectivity index (χ0n) is 11.2. The molecule has 2 rings (SSSR count). The van der Waals surface area contributed by atoms with Gasteiger partial charge in [-0.1, -0.05) is 6.07 Å². The SMILES string of the molecule is CCNc1ccc(S(=O)(=O)Nc2c(F)cccc2Br)cc1. The fourth-order valence-electron chi connectivity index (χ4n) is 1.74. The van der Waals surface area contributed by atoms with E-state index in [4.69, 9.17) is 0 Å². The van der Waals surface area contributed by atoms with Crippen LogP contribution in [0.25, 0.3) is 0 Å². The second kappa shape index (κ2) is 6.44. The van der Waals surface area contributed by atoms with Gasteiger partial charge in [-0.05, 0) is 59.3 Å². The van der Waals surface area contributed by atoms with Crippen LogP contribution in [0.4, 0.5) is 15.8 Å². The van der Waals surface area contributed by atoms with E-state index < -0.39 is 15.8 Å². The molecule has 0 heterocycles. The molecular weight excluding hydrogens is 359 g/mol. The monoisotopic (exact) mass is 372 g/mol. The third-order valence-corrected chi connectivity index (χ3v) is 4.77. The van der Waals surface area contributed by atoms with E-state index in [1.54, 1.807) is 18.2 Å². The molecule has 0 atom stereocenters.